The van der Waals surface area contributed by atoms with E-state index in [9.17, 15) is 43.5 Å². The highest BCUT2D eigenvalue weighted by Gasteiger charge is 2.30. The molecule has 0 radical (unpaired) electrons. The van der Waals surface area contributed by atoms with Crippen LogP contribution in [0.1, 0.15) is 419 Å². The lowest BCUT2D eigenvalue weighted by atomic mass is 10.0. The fourth-order valence-corrected chi connectivity index (χ4v) is 15.3. The van der Waals surface area contributed by atoms with Gasteiger partial charge in [-0.05, 0) is 161 Å². The van der Waals surface area contributed by atoms with E-state index in [1.165, 1.54) is 173 Å². The van der Waals surface area contributed by atoms with Crippen molar-refractivity contribution in [1.29, 1.82) is 0 Å². The molecule has 726 valence electrons. The molecule has 0 aliphatic carbocycles. The minimum Gasteiger partial charge on any atom is -0.463 e. The highest BCUT2D eigenvalue weighted by molar-refractivity contribution is 7.47. The standard InChI is InChI=1S/C109H184O16P2/c1-4-7-10-13-16-19-22-25-28-31-34-37-40-43-46-49-50-51-52-55-57-59-62-65-68-71-74-77-80-83-86-89-92-95-107(112)119-98-104(110)99-121-126(115,116)122-100-105(111)101-123-127(117,118)124-103-106(125-109(114)97-94-91-88-85-82-79-76-73-70-67-64-61-58-54-48-45-42-39-36-33-30-27-24-21-18-15-12-9-6-3)102-120-108(113)96-93-90-87-84-81-78-75-72-69-66-63-60-56-53-47-44-41-38-35-32-29-26-23-20-17-14-11-8-5-2/h7-12,16-21,25-30,34-39,43-48,56,60,104-106,110-111H,4-6,13-15,22-24,31-33,40-42,49-55,57-59,61-103H2,1-3H3,(H,115,116)(H,117,118)/b10-7-,11-8-,12-9-,19-16-,20-17-,21-18-,28-25-,29-26-,30-27-,37-34-,38-35-,39-36-,46-43-,47-44-,48-45-,60-56-. The van der Waals surface area contributed by atoms with E-state index in [0.717, 1.165) is 186 Å². The van der Waals surface area contributed by atoms with Gasteiger partial charge in [0.1, 0.15) is 25.4 Å². The Morgan fingerprint density at radius 3 is 0.622 bits per heavy atom. The maximum absolute atomic E-state index is 13.1. The summed E-state index contributed by atoms with van der Waals surface area (Å²) in [5, 5.41) is 20.8. The van der Waals surface area contributed by atoms with Crippen molar-refractivity contribution in [3.05, 3.63) is 194 Å². The van der Waals surface area contributed by atoms with Crippen LogP contribution in [0.2, 0.25) is 0 Å². The molecule has 0 saturated carbocycles. The highest BCUT2D eigenvalue weighted by atomic mass is 31.2. The number of rotatable bonds is 95. The molecule has 0 heterocycles. The van der Waals surface area contributed by atoms with E-state index in [4.69, 9.17) is 32.3 Å². The maximum atomic E-state index is 13.1. The van der Waals surface area contributed by atoms with Gasteiger partial charge < -0.3 is 34.2 Å². The van der Waals surface area contributed by atoms with Crippen LogP contribution in [0.15, 0.2) is 194 Å². The van der Waals surface area contributed by atoms with E-state index < -0.39 is 91.5 Å². The summed E-state index contributed by atoms with van der Waals surface area (Å²) in [7, 11) is -9.82. The molecule has 5 unspecified atom stereocenters. The zero-order chi connectivity index (χ0) is 92.1. The van der Waals surface area contributed by atoms with Crippen molar-refractivity contribution >= 4 is 33.6 Å². The molecule has 0 spiro atoms. The first-order valence-corrected chi connectivity index (χ1v) is 53.7. The predicted molar refractivity (Wildman–Crippen MR) is 537 cm³/mol. The second-order valence-corrected chi connectivity index (χ2v) is 36.4. The molecule has 18 heteroatoms. The summed E-state index contributed by atoms with van der Waals surface area (Å²) in [6, 6.07) is 0. The maximum Gasteiger partial charge on any atom is 0.472 e. The van der Waals surface area contributed by atoms with E-state index in [0.29, 0.717) is 19.3 Å². The Morgan fingerprint density at radius 2 is 0.394 bits per heavy atom. The van der Waals surface area contributed by atoms with Gasteiger partial charge in [0.2, 0.25) is 0 Å². The number of hydrogen-bond acceptors (Lipinski definition) is 14. The topological polar surface area (TPSA) is 231 Å². The Kier molecular flexibility index (Phi) is 95.0. The minimum atomic E-state index is -4.95. The molecule has 0 aliphatic rings. The van der Waals surface area contributed by atoms with Gasteiger partial charge in [0.15, 0.2) is 6.10 Å². The van der Waals surface area contributed by atoms with Crippen LogP contribution in [0.5, 0.6) is 0 Å². The van der Waals surface area contributed by atoms with Crippen molar-refractivity contribution in [1.82, 2.24) is 0 Å². The highest BCUT2D eigenvalue weighted by Crippen LogP contribution is 2.45. The van der Waals surface area contributed by atoms with E-state index >= 15 is 0 Å². The van der Waals surface area contributed by atoms with Gasteiger partial charge in [-0.2, -0.15) is 0 Å². The Bertz CT molecular complexity index is 3090. The molecule has 0 aliphatic heterocycles. The van der Waals surface area contributed by atoms with Crippen LogP contribution in [0.3, 0.4) is 0 Å². The number of phosphoric acid groups is 2. The fourth-order valence-electron chi connectivity index (χ4n) is 13.8. The first-order chi connectivity index (χ1) is 62.2. The number of unbranched alkanes of at least 4 members (excludes halogenated alkanes) is 40. The first kappa shape index (κ1) is 121. The van der Waals surface area contributed by atoms with Crippen LogP contribution in [0.25, 0.3) is 0 Å². The third kappa shape index (κ3) is 101. The van der Waals surface area contributed by atoms with Gasteiger partial charge in [-0.15, -0.1) is 0 Å². The zero-order valence-corrected chi connectivity index (χ0v) is 82.2. The van der Waals surface area contributed by atoms with Crippen molar-refractivity contribution in [3.63, 3.8) is 0 Å². The SMILES string of the molecule is CC/C=C\C/C=C\C/C=C\C/C=C\C/C=C\C/C=C\CCCCCCCCCCCCC(=O)OCC(COP(=O)(O)OCC(O)COP(=O)(O)OCC(O)COC(=O)CCCCCCCCCCCCCCCCCCC/C=C\C/C=C\C/C=C\C/C=C\C/C=C\CC)OC(=O)CCCCCCCCCCCCCCC/C=C\C/C=C\C/C=C\C/C=C\C/C=C\CC. The third-order valence-electron chi connectivity index (χ3n) is 21.3. The lowest BCUT2D eigenvalue weighted by Crippen LogP contribution is -2.30. The molecule has 5 atom stereocenters. The van der Waals surface area contributed by atoms with Crippen LogP contribution >= 0.6 is 15.6 Å². The molecule has 4 N–H and O–H groups in total. The van der Waals surface area contributed by atoms with Crippen molar-refractivity contribution in [3.8, 4) is 0 Å². The van der Waals surface area contributed by atoms with E-state index in [2.05, 4.69) is 215 Å². The van der Waals surface area contributed by atoms with Gasteiger partial charge in [0, 0.05) is 19.3 Å². The Labute approximate surface area is 776 Å². The molecule has 0 aromatic carbocycles. The van der Waals surface area contributed by atoms with E-state index in [1.54, 1.807) is 0 Å². The van der Waals surface area contributed by atoms with Crippen LogP contribution in [-0.4, -0.2) is 95.9 Å². The molecule has 127 heavy (non-hydrogen) atoms. The summed E-state index contributed by atoms with van der Waals surface area (Å²) in [5.74, 6) is -1.57. The Morgan fingerprint density at radius 1 is 0.220 bits per heavy atom. The van der Waals surface area contributed by atoms with Gasteiger partial charge in [0.05, 0.1) is 26.4 Å². The molecule has 0 bridgehead atoms. The largest absolute Gasteiger partial charge is 0.472 e. The molecule has 16 nitrogen and oxygen atoms in total. The van der Waals surface area contributed by atoms with Crippen molar-refractivity contribution in [2.45, 2.75) is 437 Å². The van der Waals surface area contributed by atoms with Gasteiger partial charge in [0.25, 0.3) is 0 Å². The number of ether oxygens (including phenoxy) is 3. The summed E-state index contributed by atoms with van der Waals surface area (Å²) >= 11 is 0. The molecule has 0 saturated heterocycles. The van der Waals surface area contributed by atoms with Crippen LogP contribution in [0, 0.1) is 0 Å². The number of hydrogen-bond donors (Lipinski definition) is 4. The van der Waals surface area contributed by atoms with Gasteiger partial charge in [-0.25, -0.2) is 9.13 Å². The monoisotopic (exact) mass is 1810 g/mol. The smallest absolute Gasteiger partial charge is 0.463 e. The van der Waals surface area contributed by atoms with Crippen molar-refractivity contribution < 1.29 is 75.8 Å². The van der Waals surface area contributed by atoms with E-state index in [-0.39, 0.29) is 19.3 Å². The number of aliphatic hydroxyl groups is 2. The Balaban J connectivity index is 4.63. The molecule has 0 aromatic rings. The van der Waals surface area contributed by atoms with Crippen LogP contribution < -0.4 is 0 Å². The minimum absolute atomic E-state index is 0.0967. The second kappa shape index (κ2) is 99.4. The predicted octanol–water partition coefficient (Wildman–Crippen LogP) is 32.1. The number of esters is 3. The number of carbonyl (C=O) groups excluding carboxylic acids is 3. The van der Waals surface area contributed by atoms with Crippen molar-refractivity contribution in [2.75, 3.05) is 39.6 Å². The van der Waals surface area contributed by atoms with Gasteiger partial charge in [-0.1, -0.05) is 434 Å². The third-order valence-corrected chi connectivity index (χ3v) is 23.2. The average Bonchev–Trinajstić information content (AvgIpc) is 0.899. The molecule has 0 rings (SSSR count). The molecular weight excluding hydrogens is 1630 g/mol. The van der Waals surface area contributed by atoms with E-state index in [1.807, 2.05) is 0 Å². The molecule has 0 aromatic heterocycles. The average molecular weight is 1810 g/mol. The summed E-state index contributed by atoms with van der Waals surface area (Å²) in [6.07, 6.45) is 133. The molecule has 0 amide bonds. The fraction of sp³-hybridized carbons (Fsp3) is 0.679. The zero-order valence-electron chi connectivity index (χ0n) is 80.4. The van der Waals surface area contributed by atoms with Crippen LogP contribution in [-0.2, 0) is 55.8 Å². The summed E-state index contributed by atoms with van der Waals surface area (Å²) < 4.78 is 61.7. The second-order valence-electron chi connectivity index (χ2n) is 33.5. The van der Waals surface area contributed by atoms with Crippen molar-refractivity contribution in [2.24, 2.45) is 0 Å². The Hall–Kier alpha value is -5.61. The van der Waals surface area contributed by atoms with Gasteiger partial charge >= 0.3 is 33.6 Å². The number of phosphoric ester groups is 2. The lowest BCUT2D eigenvalue weighted by molar-refractivity contribution is -0.161. The summed E-state index contributed by atoms with van der Waals surface area (Å²) in [6.45, 7) is 2.40. The number of allylic oxidation sites excluding steroid dienone is 32. The summed E-state index contributed by atoms with van der Waals surface area (Å²) in [5.41, 5.74) is 0. The first-order valence-electron chi connectivity index (χ1n) is 50.7. The number of aliphatic hydroxyl groups excluding tert-OH is 2. The lowest BCUT2D eigenvalue weighted by Gasteiger charge is -2.21. The van der Waals surface area contributed by atoms with Crippen LogP contribution in [0.4, 0.5) is 0 Å². The quantitative estimate of drug-likeness (QED) is 0.0146. The summed E-state index contributed by atoms with van der Waals surface area (Å²) in [4.78, 5) is 59.2. The molecule has 0 fully saturated rings. The number of carbonyl (C=O) groups is 3. The normalized spacial score (nSPS) is 14.5. The van der Waals surface area contributed by atoms with Gasteiger partial charge in [-0.3, -0.25) is 32.5 Å². The molecular formula is C109H184O16P2.